The van der Waals surface area contributed by atoms with Crippen molar-refractivity contribution in [3.05, 3.63) is 28.8 Å². The van der Waals surface area contributed by atoms with Crippen molar-refractivity contribution in [2.75, 3.05) is 27.4 Å². The van der Waals surface area contributed by atoms with Gasteiger partial charge in [-0.25, -0.2) is 5.43 Å². The van der Waals surface area contributed by atoms with Gasteiger partial charge in [-0.05, 0) is 50.1 Å². The number of hydrazine groups is 1. The van der Waals surface area contributed by atoms with E-state index >= 15 is 0 Å². The number of likely N-dealkylation sites (N-methyl/N-ethyl adjacent to an activating group) is 1. The molecule has 3 N–H and O–H groups in total. The van der Waals surface area contributed by atoms with E-state index in [1.54, 1.807) is 7.11 Å². The third kappa shape index (κ3) is 3.70. The van der Waals surface area contributed by atoms with E-state index in [1.165, 1.54) is 16.7 Å². The Labute approximate surface area is 104 Å². The normalized spacial score (nSPS) is 10.9. The van der Waals surface area contributed by atoms with Crippen LogP contribution in [0.3, 0.4) is 0 Å². The molecule has 0 unspecified atom stereocenters. The number of methoxy groups -OCH3 is 1. The highest BCUT2D eigenvalue weighted by molar-refractivity contribution is 5.43. The summed E-state index contributed by atoms with van der Waals surface area (Å²) in [7, 11) is 3.76. The van der Waals surface area contributed by atoms with Crippen LogP contribution in [0.4, 0.5) is 0 Å². The van der Waals surface area contributed by atoms with E-state index < -0.39 is 0 Å². The maximum atomic E-state index is 5.31. The van der Waals surface area contributed by atoms with Crippen LogP contribution < -0.4 is 16.0 Å². The molecule has 1 aromatic rings. The van der Waals surface area contributed by atoms with E-state index in [-0.39, 0.29) is 0 Å². The lowest BCUT2D eigenvalue weighted by atomic mass is 10.00. The molecule has 0 aromatic heterocycles. The highest BCUT2D eigenvalue weighted by Gasteiger charge is 2.07. The van der Waals surface area contributed by atoms with Gasteiger partial charge in [0.2, 0.25) is 0 Å². The zero-order chi connectivity index (χ0) is 12.8. The Morgan fingerprint density at radius 2 is 2.00 bits per heavy atom. The molecule has 4 nitrogen and oxygen atoms in total. The van der Waals surface area contributed by atoms with Crippen molar-refractivity contribution in [3.8, 4) is 5.75 Å². The highest BCUT2D eigenvalue weighted by Crippen LogP contribution is 2.24. The Bertz CT molecular complexity index is 366. The zero-order valence-corrected chi connectivity index (χ0v) is 11.2. The molecule has 0 saturated heterocycles. The summed E-state index contributed by atoms with van der Waals surface area (Å²) in [4.78, 5) is 2.15. The SMILES string of the molecule is COc1ccc(CCN(C)CNN)c(C)c1C. The van der Waals surface area contributed by atoms with Gasteiger partial charge in [0, 0.05) is 6.54 Å². The molecule has 0 fully saturated rings. The molecule has 0 amide bonds. The van der Waals surface area contributed by atoms with E-state index in [2.05, 4.69) is 30.2 Å². The van der Waals surface area contributed by atoms with Crippen LogP contribution in [-0.4, -0.2) is 32.3 Å². The Morgan fingerprint density at radius 3 is 2.59 bits per heavy atom. The van der Waals surface area contributed by atoms with E-state index in [0.717, 1.165) is 18.7 Å². The molecule has 0 saturated carbocycles. The molecule has 1 rings (SSSR count). The minimum Gasteiger partial charge on any atom is -0.496 e. The fourth-order valence-electron chi connectivity index (χ4n) is 1.89. The van der Waals surface area contributed by atoms with E-state index in [9.17, 15) is 0 Å². The van der Waals surface area contributed by atoms with Crippen molar-refractivity contribution in [2.45, 2.75) is 20.3 Å². The Balaban J connectivity index is 2.69. The van der Waals surface area contributed by atoms with Crippen LogP contribution in [0.25, 0.3) is 0 Å². The number of nitrogens with one attached hydrogen (secondary N) is 1. The van der Waals surface area contributed by atoms with Gasteiger partial charge in [0.1, 0.15) is 5.75 Å². The average Bonchev–Trinajstić information content (AvgIpc) is 2.31. The van der Waals surface area contributed by atoms with Gasteiger partial charge in [-0.1, -0.05) is 6.07 Å². The van der Waals surface area contributed by atoms with Gasteiger partial charge in [0.05, 0.1) is 13.8 Å². The Kier molecular flexibility index (Phi) is 5.41. The second-order valence-corrected chi connectivity index (χ2v) is 4.37. The predicted molar refractivity (Wildman–Crippen MR) is 71.0 cm³/mol. The van der Waals surface area contributed by atoms with E-state index in [4.69, 9.17) is 10.6 Å². The fourth-order valence-corrected chi connectivity index (χ4v) is 1.89. The minimum absolute atomic E-state index is 0.703. The second-order valence-electron chi connectivity index (χ2n) is 4.37. The largest absolute Gasteiger partial charge is 0.496 e. The number of hydrogen-bond acceptors (Lipinski definition) is 4. The summed E-state index contributed by atoms with van der Waals surface area (Å²) >= 11 is 0. The van der Waals surface area contributed by atoms with Crippen molar-refractivity contribution in [1.82, 2.24) is 10.3 Å². The lowest BCUT2D eigenvalue weighted by Gasteiger charge is -2.17. The van der Waals surface area contributed by atoms with E-state index in [0.29, 0.717) is 6.67 Å². The van der Waals surface area contributed by atoms with Crippen LogP contribution in [0.5, 0.6) is 5.75 Å². The van der Waals surface area contributed by atoms with Crippen molar-refractivity contribution >= 4 is 0 Å². The molecule has 4 heteroatoms. The molecule has 17 heavy (non-hydrogen) atoms. The molecule has 0 heterocycles. The molecular weight excluding hydrogens is 214 g/mol. The first-order valence-electron chi connectivity index (χ1n) is 5.85. The zero-order valence-electron chi connectivity index (χ0n) is 11.2. The van der Waals surface area contributed by atoms with Gasteiger partial charge in [-0.15, -0.1) is 0 Å². The van der Waals surface area contributed by atoms with Gasteiger partial charge in [-0.3, -0.25) is 10.7 Å². The van der Waals surface area contributed by atoms with Crippen LogP contribution in [0.15, 0.2) is 12.1 Å². The number of nitrogens with two attached hydrogens (primary N) is 1. The number of ether oxygens (including phenoxy) is 1. The number of nitrogens with zero attached hydrogens (tertiary/aromatic N) is 1. The van der Waals surface area contributed by atoms with E-state index in [1.807, 2.05) is 13.1 Å². The fraction of sp³-hybridized carbons (Fsp3) is 0.538. The molecule has 96 valence electrons. The molecule has 0 radical (unpaired) electrons. The first kappa shape index (κ1) is 14.0. The predicted octanol–water partition coefficient (Wildman–Crippen LogP) is 1.21. The summed E-state index contributed by atoms with van der Waals surface area (Å²) in [5.74, 6) is 6.24. The third-order valence-corrected chi connectivity index (χ3v) is 3.19. The van der Waals surface area contributed by atoms with Crippen LogP contribution in [-0.2, 0) is 6.42 Å². The molecule has 0 aliphatic carbocycles. The van der Waals surface area contributed by atoms with Gasteiger partial charge >= 0.3 is 0 Å². The minimum atomic E-state index is 0.703. The van der Waals surface area contributed by atoms with Crippen molar-refractivity contribution in [1.29, 1.82) is 0 Å². The molecular formula is C13H23N3O. The third-order valence-electron chi connectivity index (χ3n) is 3.19. The monoisotopic (exact) mass is 237 g/mol. The van der Waals surface area contributed by atoms with Gasteiger partial charge in [0.15, 0.2) is 0 Å². The molecule has 0 atom stereocenters. The Hall–Kier alpha value is -1.10. The molecule has 0 aliphatic rings. The summed E-state index contributed by atoms with van der Waals surface area (Å²) in [6.07, 6.45) is 1.02. The lowest BCUT2D eigenvalue weighted by molar-refractivity contribution is 0.312. The van der Waals surface area contributed by atoms with Gasteiger partial charge in [-0.2, -0.15) is 0 Å². The maximum absolute atomic E-state index is 5.31. The first-order chi connectivity index (χ1) is 8.10. The quantitative estimate of drug-likeness (QED) is 0.443. The topological polar surface area (TPSA) is 50.5 Å². The van der Waals surface area contributed by atoms with Crippen LogP contribution in [0, 0.1) is 13.8 Å². The summed E-state index contributed by atoms with van der Waals surface area (Å²) in [5, 5.41) is 0. The summed E-state index contributed by atoms with van der Waals surface area (Å²) in [5.41, 5.74) is 6.57. The molecule has 0 spiro atoms. The van der Waals surface area contributed by atoms with Gasteiger partial charge < -0.3 is 4.74 Å². The lowest BCUT2D eigenvalue weighted by Crippen LogP contribution is -2.36. The smallest absolute Gasteiger partial charge is 0.122 e. The van der Waals surface area contributed by atoms with Crippen LogP contribution in [0.1, 0.15) is 16.7 Å². The molecule has 0 bridgehead atoms. The summed E-state index contributed by atoms with van der Waals surface area (Å²) in [6.45, 7) is 5.93. The van der Waals surface area contributed by atoms with Crippen molar-refractivity contribution < 1.29 is 4.74 Å². The van der Waals surface area contributed by atoms with Crippen molar-refractivity contribution in [2.24, 2.45) is 5.84 Å². The van der Waals surface area contributed by atoms with Crippen LogP contribution in [0.2, 0.25) is 0 Å². The first-order valence-corrected chi connectivity index (χ1v) is 5.85. The standard InChI is InChI=1S/C13H23N3O/c1-10-11(2)13(17-4)6-5-12(10)7-8-16(3)9-15-14/h5-6,15H,7-9,14H2,1-4H3. The number of rotatable bonds is 6. The maximum Gasteiger partial charge on any atom is 0.122 e. The summed E-state index contributed by atoms with van der Waals surface area (Å²) in [6, 6.07) is 4.18. The second kappa shape index (κ2) is 6.59. The van der Waals surface area contributed by atoms with Crippen molar-refractivity contribution in [3.63, 3.8) is 0 Å². The molecule has 0 aliphatic heterocycles. The summed E-state index contributed by atoms with van der Waals surface area (Å²) < 4.78 is 5.31. The highest BCUT2D eigenvalue weighted by atomic mass is 16.5. The Morgan fingerprint density at radius 1 is 1.29 bits per heavy atom. The van der Waals surface area contributed by atoms with Gasteiger partial charge in [0.25, 0.3) is 0 Å². The average molecular weight is 237 g/mol. The molecule has 1 aromatic carbocycles. The number of benzene rings is 1. The van der Waals surface area contributed by atoms with Crippen LogP contribution >= 0.6 is 0 Å². The number of hydrogen-bond donors (Lipinski definition) is 2.